The van der Waals surface area contributed by atoms with Gasteiger partial charge in [0.1, 0.15) is 6.17 Å². The highest BCUT2D eigenvalue weighted by molar-refractivity contribution is 6.83. The third kappa shape index (κ3) is 3.41. The summed E-state index contributed by atoms with van der Waals surface area (Å²) in [6, 6.07) is 0. The Balaban J connectivity index is 2.59. The van der Waals surface area contributed by atoms with E-state index in [1.165, 1.54) is 0 Å². The van der Waals surface area contributed by atoms with E-state index in [0.29, 0.717) is 17.7 Å². The van der Waals surface area contributed by atoms with Crippen LogP contribution in [0.1, 0.15) is 62.3 Å². The number of hydrogen-bond donors (Lipinski definition) is 0. The Kier molecular flexibility index (Phi) is 6.66. The van der Waals surface area contributed by atoms with Gasteiger partial charge in [-0.2, -0.15) is 0 Å². The molecule has 0 spiro atoms. The summed E-state index contributed by atoms with van der Waals surface area (Å²) < 4.78 is 35.7. The van der Waals surface area contributed by atoms with Gasteiger partial charge in [0, 0.05) is 18.4 Å². The molecule has 1 heterocycles. The first-order chi connectivity index (χ1) is 11.9. The number of hydrogen-bond acceptors (Lipinski definition) is 3. The zero-order chi connectivity index (χ0) is 20.0. The van der Waals surface area contributed by atoms with E-state index in [0.717, 1.165) is 5.57 Å². The fourth-order valence-electron chi connectivity index (χ4n) is 4.75. The minimum atomic E-state index is -2.71. The van der Waals surface area contributed by atoms with E-state index < -0.39 is 29.4 Å². The van der Waals surface area contributed by atoms with Gasteiger partial charge in [-0.3, -0.25) is 0 Å². The van der Waals surface area contributed by atoms with Gasteiger partial charge in [0.25, 0.3) is 0 Å². The van der Waals surface area contributed by atoms with E-state index in [4.69, 9.17) is 13.0 Å². The van der Waals surface area contributed by atoms with Crippen molar-refractivity contribution >= 4 is 17.1 Å². The first-order valence-electron chi connectivity index (χ1n) is 10.2. The highest BCUT2D eigenvalue weighted by Crippen LogP contribution is 2.50. The molecule has 0 radical (unpaired) electrons. The molecule has 1 aliphatic carbocycles. The average molecular weight is 403 g/mol. The van der Waals surface area contributed by atoms with Crippen molar-refractivity contribution in [3.05, 3.63) is 12.2 Å². The maximum Gasteiger partial charge on any atom is 0.335 e. The van der Waals surface area contributed by atoms with Crippen molar-refractivity contribution in [2.75, 3.05) is 6.61 Å². The summed E-state index contributed by atoms with van der Waals surface area (Å²) >= 11 is 0. The normalized spacial score (nSPS) is 34.5. The van der Waals surface area contributed by atoms with E-state index in [9.17, 15) is 0 Å². The molecule has 0 aromatic rings. The van der Waals surface area contributed by atoms with Crippen LogP contribution in [0.2, 0.25) is 22.2 Å². The lowest BCUT2D eigenvalue weighted by molar-refractivity contribution is 0.00851. The van der Waals surface area contributed by atoms with Gasteiger partial charge < -0.3 is 13.0 Å². The molecule has 0 amide bonds. The molecule has 0 N–H and O–H groups in total. The van der Waals surface area contributed by atoms with E-state index in [-0.39, 0.29) is 22.9 Å². The molecule has 2 rings (SSSR count). The summed E-state index contributed by atoms with van der Waals surface area (Å²) in [5.74, 6) is -0.260. The van der Waals surface area contributed by atoms with Gasteiger partial charge in [-0.15, -0.1) is 0 Å². The molecule has 4 atom stereocenters. The molecule has 1 saturated carbocycles. The van der Waals surface area contributed by atoms with Crippen LogP contribution in [0.3, 0.4) is 0 Å². The van der Waals surface area contributed by atoms with Crippen LogP contribution in [-0.2, 0) is 13.0 Å². The summed E-state index contributed by atoms with van der Waals surface area (Å²) in [6.45, 7) is 24.1. The lowest BCUT2D eigenvalue weighted by atomic mass is 10.0. The molecule has 3 nitrogen and oxygen atoms in total. The van der Waals surface area contributed by atoms with Crippen molar-refractivity contribution in [1.82, 2.24) is 0 Å². The van der Waals surface area contributed by atoms with Crippen LogP contribution in [0.25, 0.3) is 0 Å². The molecule has 1 aliphatic heterocycles. The van der Waals surface area contributed by atoms with Crippen LogP contribution < -0.4 is 0 Å². The number of fused-ring (bicyclic) bond motifs is 1. The molecule has 1 unspecified atom stereocenters. The van der Waals surface area contributed by atoms with Gasteiger partial charge in [0.2, 0.25) is 0 Å². The van der Waals surface area contributed by atoms with Crippen molar-refractivity contribution in [2.24, 2.45) is 11.8 Å². The Labute approximate surface area is 162 Å². The van der Waals surface area contributed by atoms with E-state index in [1.807, 2.05) is 6.92 Å². The van der Waals surface area contributed by atoms with Crippen LogP contribution >= 0.6 is 0 Å². The Morgan fingerprint density at radius 1 is 0.923 bits per heavy atom. The molecular weight excluding hydrogens is 363 g/mol. The van der Waals surface area contributed by atoms with Gasteiger partial charge >= 0.3 is 17.1 Å². The highest BCUT2D eigenvalue weighted by atomic mass is 28.5. The van der Waals surface area contributed by atoms with Crippen molar-refractivity contribution in [2.45, 2.75) is 96.8 Å². The average Bonchev–Trinajstić information content (AvgIpc) is 2.70. The predicted molar refractivity (Wildman–Crippen MR) is 111 cm³/mol. The van der Waals surface area contributed by atoms with Gasteiger partial charge in [-0.1, -0.05) is 74.5 Å². The number of halogens is 1. The topological polar surface area (TPSA) is 27.7 Å². The highest BCUT2D eigenvalue weighted by Gasteiger charge is 2.61. The SMILES string of the molecule is C=C1[C@@H](C)[C@H](F)C2O[Si](C(C)C)(C(C)C)O[Si](C(C)C)(C(C)C)OC[C@@H]12. The third-order valence-electron chi connectivity index (χ3n) is 6.60. The lowest BCUT2D eigenvalue weighted by Crippen LogP contribution is -2.65. The van der Waals surface area contributed by atoms with E-state index >= 15 is 4.39 Å². The van der Waals surface area contributed by atoms with E-state index in [2.05, 4.69) is 62.0 Å². The van der Waals surface area contributed by atoms with Crippen molar-refractivity contribution < 1.29 is 17.4 Å². The zero-order valence-corrected chi connectivity index (χ0v) is 20.1. The maximum absolute atomic E-state index is 15.1. The molecular formula is C20H39FO3Si2. The standard InChI is InChI=1S/C20H39FO3Si2/c1-12(2)25(13(3)4)22-11-18-16(9)17(10)19(21)20(18)23-26(24-25,14(5)6)15(7)8/h12-15,17-20H,9,11H2,1-8,10H3/t17-,18+,19+,20?/m1/s1. The molecule has 26 heavy (non-hydrogen) atoms. The second-order valence-electron chi connectivity index (χ2n) is 9.47. The lowest BCUT2D eigenvalue weighted by Gasteiger charge is -2.51. The summed E-state index contributed by atoms with van der Waals surface area (Å²) in [5, 5.41) is 0. The van der Waals surface area contributed by atoms with Gasteiger partial charge in [-0.05, 0) is 22.2 Å². The monoisotopic (exact) mass is 402 g/mol. The number of rotatable bonds is 4. The van der Waals surface area contributed by atoms with Gasteiger partial charge in [0.05, 0.1) is 6.10 Å². The summed E-state index contributed by atoms with van der Waals surface area (Å²) in [5.41, 5.74) is 2.01. The largest absolute Gasteiger partial charge is 0.414 e. The van der Waals surface area contributed by atoms with Crippen molar-refractivity contribution in [1.29, 1.82) is 0 Å². The second kappa shape index (κ2) is 7.78. The van der Waals surface area contributed by atoms with Crippen LogP contribution in [0.4, 0.5) is 4.39 Å². The second-order valence-corrected chi connectivity index (χ2v) is 18.3. The molecule has 0 bridgehead atoms. The molecule has 152 valence electrons. The third-order valence-corrected chi connectivity index (χ3v) is 16.8. The Morgan fingerprint density at radius 2 is 1.38 bits per heavy atom. The maximum atomic E-state index is 15.1. The van der Waals surface area contributed by atoms with Crippen LogP contribution in [0, 0.1) is 11.8 Å². The van der Waals surface area contributed by atoms with Crippen LogP contribution in [0.5, 0.6) is 0 Å². The zero-order valence-electron chi connectivity index (χ0n) is 18.1. The van der Waals surface area contributed by atoms with Crippen LogP contribution in [0.15, 0.2) is 12.2 Å². The molecule has 2 aliphatic rings. The molecule has 1 saturated heterocycles. The predicted octanol–water partition coefficient (Wildman–Crippen LogP) is 6.10. The molecule has 0 aromatic heterocycles. The fourth-order valence-corrected chi connectivity index (χ4v) is 16.0. The fraction of sp³-hybridized carbons (Fsp3) is 0.900. The summed E-state index contributed by atoms with van der Waals surface area (Å²) in [7, 11) is -5.25. The van der Waals surface area contributed by atoms with Crippen LogP contribution in [-0.4, -0.2) is 36.0 Å². The quantitative estimate of drug-likeness (QED) is 0.420. The summed E-state index contributed by atoms with van der Waals surface area (Å²) in [4.78, 5) is 0. The Bertz CT molecular complexity index is 505. The van der Waals surface area contributed by atoms with Crippen molar-refractivity contribution in [3.63, 3.8) is 0 Å². The Morgan fingerprint density at radius 3 is 1.81 bits per heavy atom. The van der Waals surface area contributed by atoms with Gasteiger partial charge in [0.15, 0.2) is 0 Å². The molecule has 6 heteroatoms. The minimum absolute atomic E-state index is 0.0716. The first-order valence-corrected chi connectivity index (χ1v) is 14.2. The first kappa shape index (κ1) is 22.3. The smallest absolute Gasteiger partial charge is 0.335 e. The van der Waals surface area contributed by atoms with Crippen molar-refractivity contribution in [3.8, 4) is 0 Å². The molecule has 0 aromatic carbocycles. The number of alkyl halides is 1. The minimum Gasteiger partial charge on any atom is -0.414 e. The van der Waals surface area contributed by atoms with E-state index in [1.54, 1.807) is 0 Å². The Hall–Kier alpha value is -0.0162. The van der Waals surface area contributed by atoms with Gasteiger partial charge in [-0.25, -0.2) is 4.39 Å². The summed E-state index contributed by atoms with van der Waals surface area (Å²) in [6.07, 6.45) is -1.52. The molecule has 2 fully saturated rings.